The summed E-state index contributed by atoms with van der Waals surface area (Å²) in [6.07, 6.45) is 3.00. The minimum Gasteiger partial charge on any atom is -0.351 e. The maximum Gasteiger partial charge on any atom is 0.287 e. The second-order valence-electron chi connectivity index (χ2n) is 4.18. The molecule has 1 aromatic rings. The lowest BCUT2D eigenvalue weighted by Crippen LogP contribution is -2.45. The Hall–Kier alpha value is -1.60. The van der Waals surface area contributed by atoms with Crippen molar-refractivity contribution in [2.45, 2.75) is 18.9 Å². The van der Waals surface area contributed by atoms with Gasteiger partial charge in [0.25, 0.3) is 11.6 Å². The lowest BCUT2D eigenvalue weighted by molar-refractivity contribution is -0.384. The Bertz CT molecular complexity index is 448. The minimum atomic E-state index is -0.533. The highest BCUT2D eigenvalue weighted by atomic mass is 35.5. The Morgan fingerprint density at radius 1 is 1.61 bits per heavy atom. The number of piperidine rings is 1. The third kappa shape index (κ3) is 2.99. The summed E-state index contributed by atoms with van der Waals surface area (Å²) in [5.41, 5.74) is 5.92. The number of nitro groups is 1. The molecule has 0 radical (unpaired) electrons. The highest BCUT2D eigenvalue weighted by Gasteiger charge is 2.24. The molecule has 0 aliphatic carbocycles. The maximum atomic E-state index is 12.0. The largest absolute Gasteiger partial charge is 0.351 e. The molecule has 0 aromatic carbocycles. The second kappa shape index (κ2) is 5.83. The molecule has 0 bridgehead atoms. The van der Waals surface area contributed by atoms with Crippen LogP contribution < -0.4 is 5.73 Å². The van der Waals surface area contributed by atoms with Gasteiger partial charge in [-0.25, -0.2) is 0 Å². The summed E-state index contributed by atoms with van der Waals surface area (Å²) in [6, 6.07) is 1.25. The molecule has 1 aliphatic heterocycles. The summed E-state index contributed by atoms with van der Waals surface area (Å²) in [5.74, 6) is -0.228. The number of hydrogen-bond donors (Lipinski definition) is 2. The van der Waals surface area contributed by atoms with Gasteiger partial charge in [0.15, 0.2) is 0 Å². The van der Waals surface area contributed by atoms with Crippen molar-refractivity contribution in [3.8, 4) is 0 Å². The summed E-state index contributed by atoms with van der Waals surface area (Å²) in [6.45, 7) is 1.16. The standard InChI is InChI=1S/C10H14N4O3.ClH/c11-7-2-1-3-13(6-7)10(15)9-4-8(5-12-9)14(16)17;/h4-5,7,12H,1-3,6,11H2;1H/t7-;/m1./s1. The number of carbonyl (C=O) groups excluding carboxylic acids is 1. The van der Waals surface area contributed by atoms with Crippen LogP contribution in [0.15, 0.2) is 12.3 Å². The number of nitrogens with two attached hydrogens (primary N) is 1. The van der Waals surface area contributed by atoms with E-state index in [0.29, 0.717) is 13.1 Å². The lowest BCUT2D eigenvalue weighted by atomic mass is 10.1. The Labute approximate surface area is 110 Å². The predicted octanol–water partition coefficient (Wildman–Crippen LogP) is 0.908. The van der Waals surface area contributed by atoms with Crippen LogP contribution in [0.25, 0.3) is 0 Å². The number of likely N-dealkylation sites (tertiary alicyclic amines) is 1. The molecule has 2 rings (SSSR count). The molecule has 1 atom stereocenters. The summed E-state index contributed by atoms with van der Waals surface area (Å²) in [4.78, 5) is 26.2. The van der Waals surface area contributed by atoms with Crippen molar-refractivity contribution in [3.05, 3.63) is 28.1 Å². The zero-order valence-corrected chi connectivity index (χ0v) is 10.5. The van der Waals surface area contributed by atoms with Gasteiger partial charge in [-0.15, -0.1) is 12.4 Å². The van der Waals surface area contributed by atoms with Crippen LogP contribution in [0.2, 0.25) is 0 Å². The average molecular weight is 275 g/mol. The summed E-state index contributed by atoms with van der Waals surface area (Å²) in [7, 11) is 0. The SMILES string of the molecule is Cl.N[C@@H]1CCCN(C(=O)c2cc([N+](=O)[O-])c[nH]2)C1. The number of halogens is 1. The number of H-pyrrole nitrogens is 1. The van der Waals surface area contributed by atoms with Crippen LogP contribution in [0, 0.1) is 10.1 Å². The van der Waals surface area contributed by atoms with E-state index in [1.807, 2.05) is 0 Å². The molecule has 0 spiro atoms. The van der Waals surface area contributed by atoms with Crippen LogP contribution in [0.1, 0.15) is 23.3 Å². The Morgan fingerprint density at radius 2 is 2.33 bits per heavy atom. The molecular formula is C10H15ClN4O3. The molecule has 1 fully saturated rings. The topological polar surface area (TPSA) is 105 Å². The van der Waals surface area contributed by atoms with Crippen LogP contribution in [0.4, 0.5) is 5.69 Å². The van der Waals surface area contributed by atoms with E-state index in [4.69, 9.17) is 5.73 Å². The highest BCUT2D eigenvalue weighted by Crippen LogP contribution is 2.16. The van der Waals surface area contributed by atoms with Crippen LogP contribution in [-0.4, -0.2) is 39.8 Å². The van der Waals surface area contributed by atoms with Gasteiger partial charge in [0, 0.05) is 25.2 Å². The zero-order valence-electron chi connectivity index (χ0n) is 9.67. The van der Waals surface area contributed by atoms with Crippen molar-refractivity contribution in [1.82, 2.24) is 9.88 Å². The Balaban J connectivity index is 0.00000162. The molecule has 1 saturated heterocycles. The molecule has 0 unspecified atom stereocenters. The van der Waals surface area contributed by atoms with Gasteiger partial charge in [-0.2, -0.15) is 0 Å². The summed E-state index contributed by atoms with van der Waals surface area (Å²) in [5, 5.41) is 10.5. The van der Waals surface area contributed by atoms with Gasteiger partial charge in [0.2, 0.25) is 0 Å². The van der Waals surface area contributed by atoms with Gasteiger partial charge < -0.3 is 15.6 Å². The first-order chi connectivity index (χ1) is 8.08. The van der Waals surface area contributed by atoms with Gasteiger partial charge in [0.1, 0.15) is 5.69 Å². The molecule has 2 heterocycles. The number of hydrogen-bond acceptors (Lipinski definition) is 4. The van der Waals surface area contributed by atoms with Crippen molar-refractivity contribution in [3.63, 3.8) is 0 Å². The van der Waals surface area contributed by atoms with Gasteiger partial charge in [-0.05, 0) is 12.8 Å². The van der Waals surface area contributed by atoms with Crippen LogP contribution in [0.5, 0.6) is 0 Å². The lowest BCUT2D eigenvalue weighted by Gasteiger charge is -2.30. The molecule has 1 aliphatic rings. The third-order valence-electron chi connectivity index (χ3n) is 2.85. The number of amides is 1. The van der Waals surface area contributed by atoms with Crippen LogP contribution in [-0.2, 0) is 0 Å². The number of aromatic amines is 1. The van der Waals surface area contributed by atoms with Gasteiger partial charge in [-0.1, -0.05) is 0 Å². The molecule has 1 amide bonds. The van der Waals surface area contributed by atoms with E-state index in [9.17, 15) is 14.9 Å². The first-order valence-electron chi connectivity index (χ1n) is 5.45. The van der Waals surface area contributed by atoms with Crippen LogP contribution in [0.3, 0.4) is 0 Å². The van der Waals surface area contributed by atoms with Crippen LogP contribution >= 0.6 is 12.4 Å². The Kier molecular flexibility index (Phi) is 4.69. The van der Waals surface area contributed by atoms with E-state index >= 15 is 0 Å². The average Bonchev–Trinajstić information content (AvgIpc) is 2.77. The third-order valence-corrected chi connectivity index (χ3v) is 2.85. The van der Waals surface area contributed by atoms with E-state index in [0.717, 1.165) is 12.8 Å². The van der Waals surface area contributed by atoms with E-state index < -0.39 is 4.92 Å². The summed E-state index contributed by atoms with van der Waals surface area (Å²) < 4.78 is 0. The van der Waals surface area contributed by atoms with Crippen molar-refractivity contribution in [1.29, 1.82) is 0 Å². The molecule has 18 heavy (non-hydrogen) atoms. The van der Waals surface area contributed by atoms with Crippen molar-refractivity contribution in [2.24, 2.45) is 5.73 Å². The van der Waals surface area contributed by atoms with E-state index in [2.05, 4.69) is 4.98 Å². The van der Waals surface area contributed by atoms with E-state index in [-0.39, 0.29) is 35.7 Å². The maximum absolute atomic E-state index is 12.0. The molecule has 8 heteroatoms. The monoisotopic (exact) mass is 274 g/mol. The molecule has 100 valence electrons. The molecule has 0 saturated carbocycles. The van der Waals surface area contributed by atoms with Gasteiger partial charge in [0.05, 0.1) is 11.1 Å². The Morgan fingerprint density at radius 3 is 2.89 bits per heavy atom. The van der Waals surface area contributed by atoms with Crippen molar-refractivity contribution < 1.29 is 9.72 Å². The number of nitrogens with zero attached hydrogens (tertiary/aromatic N) is 2. The number of nitrogens with one attached hydrogen (secondary N) is 1. The normalized spacial score (nSPS) is 19.2. The van der Waals surface area contributed by atoms with Crippen molar-refractivity contribution in [2.75, 3.05) is 13.1 Å². The quantitative estimate of drug-likeness (QED) is 0.617. The summed E-state index contributed by atoms with van der Waals surface area (Å²) >= 11 is 0. The highest BCUT2D eigenvalue weighted by molar-refractivity contribution is 5.93. The molecule has 7 nitrogen and oxygen atoms in total. The smallest absolute Gasteiger partial charge is 0.287 e. The van der Waals surface area contributed by atoms with Crippen molar-refractivity contribution >= 4 is 24.0 Å². The number of aromatic nitrogens is 1. The first kappa shape index (κ1) is 14.5. The van der Waals surface area contributed by atoms with E-state index in [1.165, 1.54) is 12.3 Å². The second-order valence-corrected chi connectivity index (χ2v) is 4.18. The fraction of sp³-hybridized carbons (Fsp3) is 0.500. The predicted molar refractivity (Wildman–Crippen MR) is 67.8 cm³/mol. The van der Waals surface area contributed by atoms with Gasteiger partial charge in [-0.3, -0.25) is 14.9 Å². The zero-order chi connectivity index (χ0) is 12.4. The first-order valence-corrected chi connectivity index (χ1v) is 5.45. The fourth-order valence-electron chi connectivity index (χ4n) is 1.98. The fourth-order valence-corrected chi connectivity index (χ4v) is 1.98. The van der Waals surface area contributed by atoms with E-state index in [1.54, 1.807) is 4.90 Å². The molecule has 3 N–H and O–H groups in total. The molecular weight excluding hydrogens is 260 g/mol. The number of rotatable bonds is 2. The minimum absolute atomic E-state index is 0. The molecule has 1 aromatic heterocycles. The van der Waals surface area contributed by atoms with Gasteiger partial charge >= 0.3 is 0 Å². The number of carbonyl (C=O) groups is 1.